The van der Waals surface area contributed by atoms with Gasteiger partial charge in [-0.15, -0.1) is 0 Å². The fraction of sp³-hybridized carbons (Fsp3) is 0. The topological polar surface area (TPSA) is 65.2 Å². The second-order valence-corrected chi connectivity index (χ2v) is 4.70. The van der Waals surface area contributed by atoms with Crippen molar-refractivity contribution in [1.29, 1.82) is 0 Å². The van der Waals surface area contributed by atoms with Crippen LogP contribution >= 0.6 is 11.8 Å². The number of nitrogens with zero attached hydrogens (tertiary/aromatic N) is 2. The maximum atomic E-state index is 9.14. The Balaban J connectivity index is 2.27. The molecule has 0 aromatic heterocycles. The molecule has 0 atom stereocenters. The molecule has 0 aliphatic carbocycles. The number of benzene rings is 2. The van der Waals surface area contributed by atoms with E-state index < -0.39 is 0 Å². The molecular weight excluding hydrogens is 260 g/mol. The van der Waals surface area contributed by atoms with Crippen LogP contribution in [0.5, 0.6) is 0 Å². The van der Waals surface area contributed by atoms with E-state index in [1.54, 1.807) is 12.1 Å². The van der Waals surface area contributed by atoms with E-state index in [1.807, 2.05) is 48.5 Å². The van der Waals surface area contributed by atoms with Crippen LogP contribution in [0, 0.1) is 0 Å². The van der Waals surface area contributed by atoms with Gasteiger partial charge in [0, 0.05) is 10.5 Å². The highest BCUT2D eigenvalue weighted by molar-refractivity contribution is 8.15. The van der Waals surface area contributed by atoms with Gasteiger partial charge in [0.15, 0.2) is 5.04 Å². The van der Waals surface area contributed by atoms with E-state index in [0.717, 1.165) is 4.90 Å². The summed E-state index contributed by atoms with van der Waals surface area (Å²) < 4.78 is 0. The van der Waals surface area contributed by atoms with Gasteiger partial charge in [0.2, 0.25) is 0 Å². The van der Waals surface area contributed by atoms with Crippen molar-refractivity contribution in [3.05, 3.63) is 66.2 Å². The van der Waals surface area contributed by atoms with Crippen molar-refractivity contribution < 1.29 is 10.4 Å². The van der Waals surface area contributed by atoms with E-state index in [9.17, 15) is 0 Å². The minimum absolute atomic E-state index is 0.233. The molecule has 96 valence electrons. The smallest absolute Gasteiger partial charge is 0.170 e. The molecule has 0 saturated heterocycles. The summed E-state index contributed by atoms with van der Waals surface area (Å²) in [7, 11) is 0. The van der Waals surface area contributed by atoms with Gasteiger partial charge in [0.25, 0.3) is 0 Å². The van der Waals surface area contributed by atoms with Crippen molar-refractivity contribution in [2.75, 3.05) is 0 Å². The zero-order chi connectivity index (χ0) is 13.5. The normalized spacial score (nSPS) is 12.4. The monoisotopic (exact) mass is 272 g/mol. The lowest BCUT2D eigenvalue weighted by Gasteiger charge is -2.06. The molecule has 2 N–H and O–H groups in total. The Bertz CT molecular complexity index is 583. The predicted molar refractivity (Wildman–Crippen MR) is 76.3 cm³/mol. The van der Waals surface area contributed by atoms with E-state index in [4.69, 9.17) is 10.4 Å². The van der Waals surface area contributed by atoms with Crippen LogP contribution in [0.25, 0.3) is 0 Å². The fourth-order valence-electron chi connectivity index (χ4n) is 1.54. The Hall–Kier alpha value is -2.27. The van der Waals surface area contributed by atoms with Gasteiger partial charge < -0.3 is 10.4 Å². The highest BCUT2D eigenvalue weighted by atomic mass is 32.2. The third kappa shape index (κ3) is 3.35. The van der Waals surface area contributed by atoms with E-state index in [2.05, 4.69) is 10.3 Å². The number of hydrogen-bond acceptors (Lipinski definition) is 5. The van der Waals surface area contributed by atoms with E-state index in [0.29, 0.717) is 5.56 Å². The van der Waals surface area contributed by atoms with Crippen LogP contribution in [0.2, 0.25) is 0 Å². The quantitative estimate of drug-likeness (QED) is 0.296. The summed E-state index contributed by atoms with van der Waals surface area (Å²) in [5, 5.41) is 25.0. The molecule has 19 heavy (non-hydrogen) atoms. The van der Waals surface area contributed by atoms with Crippen LogP contribution in [0.3, 0.4) is 0 Å². The Labute approximate surface area is 115 Å². The van der Waals surface area contributed by atoms with Crippen LogP contribution in [0.4, 0.5) is 0 Å². The zero-order valence-electron chi connectivity index (χ0n) is 9.97. The third-order valence-corrected chi connectivity index (χ3v) is 3.37. The molecule has 0 saturated carbocycles. The molecule has 2 aromatic rings. The molecule has 0 aliphatic rings. The minimum atomic E-state index is 0.233. The molecule has 0 bridgehead atoms. The summed E-state index contributed by atoms with van der Waals surface area (Å²) in [4.78, 5) is 0.896. The molecule has 0 aliphatic heterocycles. The number of thioether (sulfide) groups is 1. The molecule has 0 spiro atoms. The summed E-state index contributed by atoms with van der Waals surface area (Å²) in [6.45, 7) is 0. The molecule has 2 aromatic carbocycles. The van der Waals surface area contributed by atoms with Crippen LogP contribution in [-0.4, -0.2) is 21.2 Å². The first-order chi connectivity index (χ1) is 9.35. The third-order valence-electron chi connectivity index (χ3n) is 2.40. The maximum Gasteiger partial charge on any atom is 0.170 e. The molecular formula is C14H12N2O2S. The lowest BCUT2D eigenvalue weighted by atomic mass is 10.1. The standard InChI is InChI=1S/C14H12N2O2S/c17-15-13(11-7-3-1-4-8-11)14(16-18)19-12-9-5-2-6-10-12/h1-10,17-18H/b15-13-,16-14-. The van der Waals surface area contributed by atoms with Crippen molar-refractivity contribution in [3.63, 3.8) is 0 Å². The van der Waals surface area contributed by atoms with Crippen LogP contribution in [-0.2, 0) is 0 Å². The second-order valence-electron chi connectivity index (χ2n) is 3.63. The Kier molecular flexibility index (Phi) is 4.58. The van der Waals surface area contributed by atoms with Crippen molar-refractivity contribution in [2.24, 2.45) is 10.3 Å². The van der Waals surface area contributed by atoms with Gasteiger partial charge in [-0.2, -0.15) is 0 Å². The number of hydrogen-bond donors (Lipinski definition) is 2. The van der Waals surface area contributed by atoms with Gasteiger partial charge in [-0.3, -0.25) is 0 Å². The van der Waals surface area contributed by atoms with Gasteiger partial charge in [0.1, 0.15) is 5.71 Å². The Morgan fingerprint density at radius 1 is 0.789 bits per heavy atom. The predicted octanol–water partition coefficient (Wildman–Crippen LogP) is 3.44. The largest absolute Gasteiger partial charge is 0.410 e. The lowest BCUT2D eigenvalue weighted by Crippen LogP contribution is -2.12. The van der Waals surface area contributed by atoms with Crippen molar-refractivity contribution in [2.45, 2.75) is 4.90 Å². The second kappa shape index (κ2) is 6.61. The summed E-state index contributed by atoms with van der Waals surface area (Å²) >= 11 is 1.23. The van der Waals surface area contributed by atoms with Gasteiger partial charge in [-0.1, -0.05) is 70.6 Å². The first kappa shape index (κ1) is 13.2. The van der Waals surface area contributed by atoms with Crippen LogP contribution < -0.4 is 0 Å². The Morgan fingerprint density at radius 2 is 1.37 bits per heavy atom. The van der Waals surface area contributed by atoms with Crippen molar-refractivity contribution >= 4 is 22.5 Å². The molecule has 4 nitrogen and oxygen atoms in total. The average Bonchev–Trinajstić information content (AvgIpc) is 2.49. The molecule has 2 rings (SSSR count). The molecule has 0 heterocycles. The summed E-state index contributed by atoms with van der Waals surface area (Å²) in [6.07, 6.45) is 0. The van der Waals surface area contributed by atoms with Gasteiger partial charge in [-0.05, 0) is 12.1 Å². The zero-order valence-corrected chi connectivity index (χ0v) is 10.8. The Morgan fingerprint density at radius 3 is 1.89 bits per heavy atom. The fourth-order valence-corrected chi connectivity index (χ4v) is 2.35. The first-order valence-electron chi connectivity index (χ1n) is 5.58. The summed E-state index contributed by atoms with van der Waals surface area (Å²) in [5.74, 6) is 0. The van der Waals surface area contributed by atoms with Crippen molar-refractivity contribution in [3.8, 4) is 0 Å². The molecule has 0 radical (unpaired) electrons. The highest BCUT2D eigenvalue weighted by Gasteiger charge is 2.14. The van der Waals surface area contributed by atoms with E-state index >= 15 is 0 Å². The van der Waals surface area contributed by atoms with Gasteiger partial charge in [0.05, 0.1) is 0 Å². The molecule has 5 heteroatoms. The molecule has 0 unspecified atom stereocenters. The lowest BCUT2D eigenvalue weighted by molar-refractivity contribution is 0.315. The van der Waals surface area contributed by atoms with E-state index in [1.165, 1.54) is 11.8 Å². The minimum Gasteiger partial charge on any atom is -0.410 e. The van der Waals surface area contributed by atoms with Gasteiger partial charge >= 0.3 is 0 Å². The average molecular weight is 272 g/mol. The van der Waals surface area contributed by atoms with Crippen molar-refractivity contribution in [1.82, 2.24) is 0 Å². The van der Waals surface area contributed by atoms with Crippen LogP contribution in [0.1, 0.15) is 5.56 Å². The maximum absolute atomic E-state index is 9.14. The van der Waals surface area contributed by atoms with Gasteiger partial charge in [-0.25, -0.2) is 0 Å². The number of rotatable bonds is 3. The highest BCUT2D eigenvalue weighted by Crippen LogP contribution is 2.21. The summed E-state index contributed by atoms with van der Waals surface area (Å²) in [5.41, 5.74) is 0.915. The molecule has 0 fully saturated rings. The molecule has 0 amide bonds. The summed E-state index contributed by atoms with van der Waals surface area (Å²) in [6, 6.07) is 18.5. The number of oxime groups is 2. The SMILES string of the molecule is O/N=C(Sc1ccccc1)/C(=N\O)c1ccccc1. The van der Waals surface area contributed by atoms with Crippen LogP contribution in [0.15, 0.2) is 75.9 Å². The van der Waals surface area contributed by atoms with E-state index in [-0.39, 0.29) is 10.8 Å². The first-order valence-corrected chi connectivity index (χ1v) is 6.39.